The molecule has 0 aliphatic heterocycles. The Morgan fingerprint density at radius 1 is 1.45 bits per heavy atom. The van der Waals surface area contributed by atoms with Gasteiger partial charge in [-0.3, -0.25) is 4.98 Å². The van der Waals surface area contributed by atoms with E-state index in [1.807, 2.05) is 6.92 Å². The van der Waals surface area contributed by atoms with Gasteiger partial charge in [0.15, 0.2) is 0 Å². The highest BCUT2D eigenvalue weighted by Crippen LogP contribution is 2.26. The van der Waals surface area contributed by atoms with E-state index in [1.54, 1.807) is 29.3 Å². The van der Waals surface area contributed by atoms with Crippen LogP contribution in [0.5, 0.6) is 0 Å². The van der Waals surface area contributed by atoms with Crippen LogP contribution in [-0.4, -0.2) is 30.7 Å². The minimum atomic E-state index is -1.11. The van der Waals surface area contributed by atoms with Crippen LogP contribution in [0.1, 0.15) is 29.6 Å². The Kier molecular flexibility index (Phi) is 2.94. The van der Waals surface area contributed by atoms with E-state index in [2.05, 4.69) is 15.1 Å². The Hall–Kier alpha value is -2.70. The molecule has 0 aromatic carbocycles. The summed E-state index contributed by atoms with van der Waals surface area (Å²) in [5, 5.41) is 13.3. The number of rotatable bonds is 4. The molecule has 1 N–H and O–H groups in total. The molecule has 0 unspecified atom stereocenters. The standard InChI is InChI=1S/C13H12N4O3/c1-2-3-9-11(13(18)19)20-12(16-9)8-6-15-17-5-4-14-7-10(8)17/h4-7H,2-3H2,1H3,(H,18,19). The highest BCUT2D eigenvalue weighted by atomic mass is 16.4. The summed E-state index contributed by atoms with van der Waals surface area (Å²) in [5.41, 5.74) is 1.80. The third-order valence-corrected chi connectivity index (χ3v) is 2.93. The molecule has 3 aromatic heterocycles. The van der Waals surface area contributed by atoms with Crippen LogP contribution in [0, 0.1) is 0 Å². The number of aromatic nitrogens is 4. The first-order valence-corrected chi connectivity index (χ1v) is 6.21. The second-order valence-corrected chi connectivity index (χ2v) is 4.31. The van der Waals surface area contributed by atoms with Gasteiger partial charge in [-0.25, -0.2) is 14.3 Å². The van der Waals surface area contributed by atoms with Crippen molar-refractivity contribution in [3.8, 4) is 11.5 Å². The summed E-state index contributed by atoms with van der Waals surface area (Å²) < 4.78 is 7.02. The Bertz CT molecular complexity index is 775. The highest BCUT2D eigenvalue weighted by molar-refractivity contribution is 5.86. The number of carboxylic acid groups (broad SMARTS) is 1. The zero-order valence-corrected chi connectivity index (χ0v) is 10.8. The maximum atomic E-state index is 11.2. The monoisotopic (exact) mass is 272 g/mol. The first-order chi connectivity index (χ1) is 9.70. The van der Waals surface area contributed by atoms with Gasteiger partial charge in [0, 0.05) is 12.4 Å². The normalized spacial score (nSPS) is 11.1. The second-order valence-electron chi connectivity index (χ2n) is 4.31. The minimum absolute atomic E-state index is 0.106. The van der Waals surface area contributed by atoms with Crippen molar-refractivity contribution in [3.63, 3.8) is 0 Å². The van der Waals surface area contributed by atoms with Crippen molar-refractivity contribution >= 4 is 11.5 Å². The molecule has 0 aliphatic rings. The molecule has 3 heterocycles. The SMILES string of the molecule is CCCc1nc(-c2cnn3ccncc23)oc1C(=O)O. The molecule has 0 radical (unpaired) electrons. The van der Waals surface area contributed by atoms with Crippen LogP contribution in [0.4, 0.5) is 0 Å². The molecule has 0 bridgehead atoms. The van der Waals surface area contributed by atoms with Crippen molar-refractivity contribution in [3.05, 3.63) is 36.2 Å². The van der Waals surface area contributed by atoms with E-state index in [1.165, 1.54) is 0 Å². The minimum Gasteiger partial charge on any atom is -0.475 e. The maximum absolute atomic E-state index is 11.2. The van der Waals surface area contributed by atoms with Crippen molar-refractivity contribution in [2.75, 3.05) is 0 Å². The summed E-state index contributed by atoms with van der Waals surface area (Å²) in [6.45, 7) is 1.96. The number of fused-ring (bicyclic) bond motifs is 1. The molecule has 0 saturated heterocycles. The lowest BCUT2D eigenvalue weighted by Crippen LogP contribution is -1.99. The summed E-state index contributed by atoms with van der Waals surface area (Å²) in [4.78, 5) is 19.5. The van der Waals surface area contributed by atoms with Gasteiger partial charge in [-0.05, 0) is 6.42 Å². The highest BCUT2D eigenvalue weighted by Gasteiger charge is 2.21. The van der Waals surface area contributed by atoms with E-state index in [0.717, 1.165) is 6.42 Å². The molecule has 0 saturated carbocycles. The number of carbonyl (C=O) groups is 1. The number of hydrogen-bond acceptors (Lipinski definition) is 5. The summed E-state index contributed by atoms with van der Waals surface area (Å²) >= 11 is 0. The molecule has 102 valence electrons. The first-order valence-electron chi connectivity index (χ1n) is 6.21. The van der Waals surface area contributed by atoms with Gasteiger partial charge in [-0.2, -0.15) is 5.10 Å². The van der Waals surface area contributed by atoms with Gasteiger partial charge in [0.25, 0.3) is 0 Å². The summed E-state index contributed by atoms with van der Waals surface area (Å²) in [6, 6.07) is 0. The molecular formula is C13H12N4O3. The Morgan fingerprint density at radius 2 is 2.30 bits per heavy atom. The number of carboxylic acids is 1. The van der Waals surface area contributed by atoms with E-state index in [0.29, 0.717) is 23.2 Å². The van der Waals surface area contributed by atoms with Crippen LogP contribution in [0.3, 0.4) is 0 Å². The van der Waals surface area contributed by atoms with Crippen LogP contribution < -0.4 is 0 Å². The lowest BCUT2D eigenvalue weighted by molar-refractivity contribution is 0.0661. The van der Waals surface area contributed by atoms with Gasteiger partial charge in [0.05, 0.1) is 29.2 Å². The fraction of sp³-hybridized carbons (Fsp3) is 0.231. The first kappa shape index (κ1) is 12.3. The van der Waals surface area contributed by atoms with Gasteiger partial charge in [0.2, 0.25) is 11.7 Å². The lowest BCUT2D eigenvalue weighted by Gasteiger charge is -1.92. The number of hydrogen-bond donors (Lipinski definition) is 1. The van der Waals surface area contributed by atoms with Crippen molar-refractivity contribution in [2.45, 2.75) is 19.8 Å². The molecule has 0 aliphatic carbocycles. The predicted molar refractivity (Wildman–Crippen MR) is 69.4 cm³/mol. The average molecular weight is 272 g/mol. The Labute approximate surface area is 113 Å². The number of nitrogens with zero attached hydrogens (tertiary/aromatic N) is 4. The van der Waals surface area contributed by atoms with Crippen LogP contribution >= 0.6 is 0 Å². The molecule has 7 heteroatoms. The molecule has 0 amide bonds. The number of oxazole rings is 1. The average Bonchev–Trinajstić information content (AvgIpc) is 3.02. The van der Waals surface area contributed by atoms with Gasteiger partial charge in [-0.15, -0.1) is 0 Å². The largest absolute Gasteiger partial charge is 0.475 e. The summed E-state index contributed by atoms with van der Waals surface area (Å²) in [6.07, 6.45) is 7.89. The van der Waals surface area contributed by atoms with Gasteiger partial charge in [0.1, 0.15) is 0 Å². The second kappa shape index (κ2) is 4.76. The molecule has 7 nitrogen and oxygen atoms in total. The molecule has 0 atom stereocenters. The summed E-state index contributed by atoms with van der Waals surface area (Å²) in [7, 11) is 0. The maximum Gasteiger partial charge on any atom is 0.373 e. The smallest absolute Gasteiger partial charge is 0.373 e. The van der Waals surface area contributed by atoms with Crippen LogP contribution in [0.25, 0.3) is 17.0 Å². The third-order valence-electron chi connectivity index (χ3n) is 2.93. The van der Waals surface area contributed by atoms with Crippen molar-refractivity contribution in [1.82, 2.24) is 19.6 Å². The topological polar surface area (TPSA) is 93.5 Å². The van der Waals surface area contributed by atoms with Crippen molar-refractivity contribution in [1.29, 1.82) is 0 Å². The fourth-order valence-electron chi connectivity index (χ4n) is 2.04. The van der Waals surface area contributed by atoms with E-state index >= 15 is 0 Å². The van der Waals surface area contributed by atoms with E-state index in [-0.39, 0.29) is 11.7 Å². The van der Waals surface area contributed by atoms with Crippen molar-refractivity contribution < 1.29 is 14.3 Å². The molecule has 3 rings (SSSR count). The quantitative estimate of drug-likeness (QED) is 0.781. The Morgan fingerprint density at radius 3 is 3.05 bits per heavy atom. The fourth-order valence-corrected chi connectivity index (χ4v) is 2.04. The zero-order valence-electron chi connectivity index (χ0n) is 10.8. The molecule has 20 heavy (non-hydrogen) atoms. The zero-order chi connectivity index (χ0) is 14.1. The number of aryl methyl sites for hydroxylation is 1. The summed E-state index contributed by atoms with van der Waals surface area (Å²) in [5.74, 6) is -0.958. The Balaban J connectivity index is 2.14. The number of aromatic carboxylic acids is 1. The third kappa shape index (κ3) is 1.93. The van der Waals surface area contributed by atoms with Gasteiger partial charge in [-0.1, -0.05) is 13.3 Å². The molecule has 0 spiro atoms. The van der Waals surface area contributed by atoms with Crippen LogP contribution in [-0.2, 0) is 6.42 Å². The molecular weight excluding hydrogens is 260 g/mol. The lowest BCUT2D eigenvalue weighted by atomic mass is 10.2. The van der Waals surface area contributed by atoms with Gasteiger partial charge >= 0.3 is 5.97 Å². The van der Waals surface area contributed by atoms with Crippen LogP contribution in [0.15, 0.2) is 29.2 Å². The van der Waals surface area contributed by atoms with E-state index < -0.39 is 5.97 Å². The predicted octanol–water partition coefficient (Wildman–Crippen LogP) is 2.03. The molecule has 3 aromatic rings. The van der Waals surface area contributed by atoms with Crippen molar-refractivity contribution in [2.24, 2.45) is 0 Å². The van der Waals surface area contributed by atoms with Crippen LogP contribution in [0.2, 0.25) is 0 Å². The molecule has 0 fully saturated rings. The van der Waals surface area contributed by atoms with E-state index in [9.17, 15) is 4.79 Å². The van der Waals surface area contributed by atoms with E-state index in [4.69, 9.17) is 9.52 Å². The van der Waals surface area contributed by atoms with Gasteiger partial charge < -0.3 is 9.52 Å².